The van der Waals surface area contributed by atoms with E-state index in [1.165, 1.54) is 11.1 Å². The Labute approximate surface area is 124 Å². The third kappa shape index (κ3) is 2.87. The number of carbonyl (C=O) groups is 1. The number of likely N-dealkylation sites (N-methyl/N-ethyl adjacent to an activating group) is 1. The first-order chi connectivity index (χ1) is 10.3. The van der Waals surface area contributed by atoms with Gasteiger partial charge in [-0.15, -0.1) is 0 Å². The molecule has 2 aromatic rings. The molecule has 0 saturated carbocycles. The molecule has 0 saturated heterocycles. The highest BCUT2D eigenvalue weighted by Gasteiger charge is 2.22. The molecule has 0 radical (unpaired) electrons. The van der Waals surface area contributed by atoms with Gasteiger partial charge in [-0.1, -0.05) is 18.2 Å². The lowest BCUT2D eigenvalue weighted by molar-refractivity contribution is -0.115. The van der Waals surface area contributed by atoms with E-state index < -0.39 is 0 Å². The van der Waals surface area contributed by atoms with E-state index >= 15 is 0 Å². The molecule has 0 aliphatic carbocycles. The second-order valence-electron chi connectivity index (χ2n) is 5.07. The van der Waals surface area contributed by atoms with Gasteiger partial charge in [0.2, 0.25) is 5.91 Å². The maximum absolute atomic E-state index is 11.8. The van der Waals surface area contributed by atoms with Crippen molar-refractivity contribution in [1.29, 1.82) is 0 Å². The molecule has 108 valence electrons. The van der Waals surface area contributed by atoms with Crippen molar-refractivity contribution in [3.8, 4) is 0 Å². The van der Waals surface area contributed by atoms with Gasteiger partial charge in [0.25, 0.3) is 0 Å². The average molecular weight is 282 g/mol. The summed E-state index contributed by atoms with van der Waals surface area (Å²) < 4.78 is 0. The van der Waals surface area contributed by atoms with Gasteiger partial charge in [0.15, 0.2) is 0 Å². The molecule has 1 amide bonds. The van der Waals surface area contributed by atoms with Crippen LogP contribution in [0.25, 0.3) is 0 Å². The number of benzene rings is 1. The molecule has 0 fully saturated rings. The molecule has 21 heavy (non-hydrogen) atoms. The molecular weight excluding hydrogens is 264 g/mol. The van der Waals surface area contributed by atoms with E-state index in [9.17, 15) is 4.79 Å². The number of nitrogens with one attached hydrogen (secondary N) is 2. The number of hydrogen-bond acceptors (Lipinski definition) is 4. The molecule has 1 aliphatic heterocycles. The van der Waals surface area contributed by atoms with Crippen LogP contribution in [-0.4, -0.2) is 24.5 Å². The molecule has 0 bridgehead atoms. The van der Waals surface area contributed by atoms with Gasteiger partial charge in [0, 0.05) is 25.0 Å². The van der Waals surface area contributed by atoms with Gasteiger partial charge in [-0.2, -0.15) is 0 Å². The zero-order valence-corrected chi connectivity index (χ0v) is 12.0. The van der Waals surface area contributed by atoms with Crippen molar-refractivity contribution in [3.63, 3.8) is 0 Å². The van der Waals surface area contributed by atoms with Crippen molar-refractivity contribution >= 4 is 17.4 Å². The fourth-order valence-electron chi connectivity index (χ4n) is 2.60. The Kier molecular flexibility index (Phi) is 3.83. The fraction of sp³-hybridized carbons (Fsp3) is 0.250. The van der Waals surface area contributed by atoms with Crippen LogP contribution >= 0.6 is 0 Å². The number of amides is 1. The topological polar surface area (TPSA) is 57.3 Å². The van der Waals surface area contributed by atoms with Crippen LogP contribution in [0.2, 0.25) is 0 Å². The van der Waals surface area contributed by atoms with Gasteiger partial charge < -0.3 is 15.5 Å². The number of anilines is 2. The number of pyridine rings is 1. The Morgan fingerprint density at radius 2 is 2.14 bits per heavy atom. The molecule has 1 aromatic carbocycles. The van der Waals surface area contributed by atoms with Crippen LogP contribution in [0.5, 0.6) is 0 Å². The second kappa shape index (κ2) is 5.93. The van der Waals surface area contributed by atoms with Crippen LogP contribution in [0.4, 0.5) is 11.5 Å². The summed E-state index contributed by atoms with van der Waals surface area (Å²) in [6.07, 6.45) is 1.80. The molecular formula is C16H18N4O. The lowest BCUT2D eigenvalue weighted by Crippen LogP contribution is -2.25. The molecule has 2 heterocycles. The lowest BCUT2D eigenvalue weighted by Gasteiger charge is -2.16. The SMILES string of the molecule is CNCC(=O)Nc1cccc2c1CN(c1ccccn1)C2. The van der Waals surface area contributed by atoms with Gasteiger partial charge in [-0.25, -0.2) is 4.98 Å². The van der Waals surface area contributed by atoms with Crippen molar-refractivity contribution in [1.82, 2.24) is 10.3 Å². The minimum atomic E-state index is -0.0258. The number of aromatic nitrogens is 1. The first kappa shape index (κ1) is 13.6. The van der Waals surface area contributed by atoms with E-state index in [0.717, 1.165) is 24.6 Å². The molecule has 1 aliphatic rings. The minimum absolute atomic E-state index is 0.0258. The zero-order chi connectivity index (χ0) is 14.7. The molecule has 5 nitrogen and oxygen atoms in total. The highest BCUT2D eigenvalue weighted by atomic mass is 16.1. The van der Waals surface area contributed by atoms with Gasteiger partial charge in [0.05, 0.1) is 6.54 Å². The Morgan fingerprint density at radius 1 is 1.24 bits per heavy atom. The fourth-order valence-corrected chi connectivity index (χ4v) is 2.60. The van der Waals surface area contributed by atoms with Crippen LogP contribution in [0.15, 0.2) is 42.6 Å². The van der Waals surface area contributed by atoms with Crippen LogP contribution < -0.4 is 15.5 Å². The lowest BCUT2D eigenvalue weighted by atomic mass is 10.1. The highest BCUT2D eigenvalue weighted by Crippen LogP contribution is 2.31. The summed E-state index contributed by atoms with van der Waals surface area (Å²) in [5.41, 5.74) is 3.31. The Hall–Kier alpha value is -2.40. The molecule has 1 aromatic heterocycles. The maximum atomic E-state index is 11.8. The van der Waals surface area contributed by atoms with Gasteiger partial charge in [0.1, 0.15) is 5.82 Å². The van der Waals surface area contributed by atoms with E-state index in [-0.39, 0.29) is 5.91 Å². The molecule has 3 rings (SSSR count). The van der Waals surface area contributed by atoms with Crippen molar-refractivity contribution in [3.05, 3.63) is 53.7 Å². The molecule has 0 unspecified atom stereocenters. The number of hydrogen-bond donors (Lipinski definition) is 2. The smallest absolute Gasteiger partial charge is 0.238 e. The summed E-state index contributed by atoms with van der Waals surface area (Å²) in [5, 5.41) is 5.82. The summed E-state index contributed by atoms with van der Waals surface area (Å²) in [6.45, 7) is 1.90. The van der Waals surface area contributed by atoms with Crippen molar-refractivity contribution < 1.29 is 4.79 Å². The van der Waals surface area contributed by atoms with E-state index in [4.69, 9.17) is 0 Å². The monoisotopic (exact) mass is 282 g/mol. The van der Waals surface area contributed by atoms with Crippen LogP contribution in [0, 0.1) is 0 Å². The predicted molar refractivity (Wildman–Crippen MR) is 83.1 cm³/mol. The quantitative estimate of drug-likeness (QED) is 0.897. The third-order valence-corrected chi connectivity index (χ3v) is 3.57. The minimum Gasteiger partial charge on any atom is -0.348 e. The van der Waals surface area contributed by atoms with Crippen molar-refractivity contribution in [2.75, 3.05) is 23.8 Å². The summed E-state index contributed by atoms with van der Waals surface area (Å²) in [6, 6.07) is 11.9. The van der Waals surface area contributed by atoms with E-state index in [1.54, 1.807) is 13.2 Å². The molecule has 0 spiro atoms. The van der Waals surface area contributed by atoms with Crippen molar-refractivity contribution in [2.24, 2.45) is 0 Å². The van der Waals surface area contributed by atoms with Gasteiger partial charge in [-0.05, 0) is 36.4 Å². The van der Waals surface area contributed by atoms with Gasteiger partial charge >= 0.3 is 0 Å². The normalized spacial score (nSPS) is 13.1. The Morgan fingerprint density at radius 3 is 2.90 bits per heavy atom. The summed E-state index contributed by atoms with van der Waals surface area (Å²) in [5.74, 6) is 0.934. The number of rotatable bonds is 4. The van der Waals surface area contributed by atoms with Crippen LogP contribution in [0.3, 0.4) is 0 Å². The first-order valence-electron chi connectivity index (χ1n) is 6.99. The second-order valence-corrected chi connectivity index (χ2v) is 5.07. The highest BCUT2D eigenvalue weighted by molar-refractivity contribution is 5.93. The molecule has 2 N–H and O–H groups in total. The molecule has 5 heteroatoms. The van der Waals surface area contributed by atoms with E-state index in [2.05, 4.69) is 26.6 Å². The van der Waals surface area contributed by atoms with E-state index in [1.807, 2.05) is 30.3 Å². The molecule has 0 atom stereocenters. The third-order valence-electron chi connectivity index (χ3n) is 3.57. The zero-order valence-electron chi connectivity index (χ0n) is 12.0. The maximum Gasteiger partial charge on any atom is 0.238 e. The number of fused-ring (bicyclic) bond motifs is 1. The summed E-state index contributed by atoms with van der Waals surface area (Å²) >= 11 is 0. The Balaban J connectivity index is 1.81. The predicted octanol–water partition coefficient (Wildman–Crippen LogP) is 1.76. The number of carbonyl (C=O) groups excluding carboxylic acids is 1. The first-order valence-corrected chi connectivity index (χ1v) is 6.99. The summed E-state index contributed by atoms with van der Waals surface area (Å²) in [4.78, 5) is 18.4. The number of nitrogens with zero attached hydrogens (tertiary/aromatic N) is 2. The Bertz CT molecular complexity index is 642. The van der Waals surface area contributed by atoms with Gasteiger partial charge in [-0.3, -0.25) is 4.79 Å². The van der Waals surface area contributed by atoms with Crippen LogP contribution in [-0.2, 0) is 17.9 Å². The summed E-state index contributed by atoms with van der Waals surface area (Å²) in [7, 11) is 1.76. The standard InChI is InChI=1S/C16H18N4O/c1-17-9-16(21)19-14-6-4-5-12-10-20(11-13(12)14)15-7-2-3-8-18-15/h2-8,17H,9-11H2,1H3,(H,19,21). The average Bonchev–Trinajstić information content (AvgIpc) is 2.94. The van der Waals surface area contributed by atoms with E-state index in [0.29, 0.717) is 6.54 Å². The van der Waals surface area contributed by atoms with Crippen LogP contribution in [0.1, 0.15) is 11.1 Å². The van der Waals surface area contributed by atoms with Crippen molar-refractivity contribution in [2.45, 2.75) is 13.1 Å². The largest absolute Gasteiger partial charge is 0.348 e.